The number of aromatic nitrogens is 1. The molecule has 0 atom stereocenters. The largest absolute Gasteiger partial charge is 0.434 e. The summed E-state index contributed by atoms with van der Waals surface area (Å²) in [5.74, 6) is 0.189. The average molecular weight is 300 g/mol. The number of hydrogen-bond donors (Lipinski definition) is 2. The summed E-state index contributed by atoms with van der Waals surface area (Å²) in [7, 11) is 0. The molecular weight excluding hydrogens is 288 g/mol. The van der Waals surface area contributed by atoms with Gasteiger partial charge in [-0.15, -0.1) is 5.10 Å². The first kappa shape index (κ1) is 14.9. The molecule has 0 bridgehead atoms. The van der Waals surface area contributed by atoms with Crippen molar-refractivity contribution < 1.29 is 9.66 Å². The highest BCUT2D eigenvalue weighted by atomic mass is 16.6. The molecule has 1 aromatic carbocycles. The Balaban J connectivity index is 2.14. The van der Waals surface area contributed by atoms with Crippen LogP contribution in [-0.4, -0.2) is 22.1 Å². The van der Waals surface area contributed by atoms with E-state index in [0.717, 1.165) is 5.56 Å². The van der Waals surface area contributed by atoms with E-state index in [0.29, 0.717) is 5.75 Å². The van der Waals surface area contributed by atoms with Crippen molar-refractivity contribution in [1.29, 1.82) is 0 Å². The van der Waals surface area contributed by atoms with Crippen molar-refractivity contribution >= 4 is 17.9 Å². The summed E-state index contributed by atoms with van der Waals surface area (Å²) in [4.78, 5) is 14.2. The van der Waals surface area contributed by atoms with Gasteiger partial charge in [-0.2, -0.15) is 5.10 Å². The molecule has 0 aliphatic carbocycles. The van der Waals surface area contributed by atoms with E-state index in [4.69, 9.17) is 16.2 Å². The molecule has 2 aromatic rings. The zero-order valence-corrected chi connectivity index (χ0v) is 11.3. The predicted molar refractivity (Wildman–Crippen MR) is 80.8 cm³/mol. The SMILES string of the molecule is NC(N)=NN=Cc1ccc(Oc2ncccc2[N+](=O)[O-])cc1. The normalized spacial score (nSPS) is 10.4. The van der Waals surface area contributed by atoms with Gasteiger partial charge in [0, 0.05) is 12.3 Å². The highest BCUT2D eigenvalue weighted by Gasteiger charge is 2.16. The molecular formula is C13H12N6O3. The Morgan fingerprint density at radius 1 is 1.27 bits per heavy atom. The smallest absolute Gasteiger partial charge is 0.331 e. The van der Waals surface area contributed by atoms with Gasteiger partial charge in [0.25, 0.3) is 5.88 Å². The molecule has 0 radical (unpaired) electrons. The van der Waals surface area contributed by atoms with Crippen LogP contribution in [0.25, 0.3) is 0 Å². The van der Waals surface area contributed by atoms with E-state index in [1.807, 2.05) is 0 Å². The number of nitrogens with two attached hydrogens (primary N) is 2. The molecule has 2 rings (SSSR count). The van der Waals surface area contributed by atoms with E-state index in [9.17, 15) is 10.1 Å². The lowest BCUT2D eigenvalue weighted by Crippen LogP contribution is -2.21. The van der Waals surface area contributed by atoms with Crippen LogP contribution in [0.15, 0.2) is 52.8 Å². The number of rotatable bonds is 5. The van der Waals surface area contributed by atoms with Gasteiger partial charge in [-0.05, 0) is 35.9 Å². The number of ether oxygens (including phenoxy) is 1. The van der Waals surface area contributed by atoms with E-state index in [-0.39, 0.29) is 17.5 Å². The fourth-order valence-corrected chi connectivity index (χ4v) is 1.50. The Hall–Kier alpha value is -3.49. The first-order valence-corrected chi connectivity index (χ1v) is 6.05. The van der Waals surface area contributed by atoms with Crippen LogP contribution in [0.5, 0.6) is 11.6 Å². The van der Waals surface area contributed by atoms with Gasteiger partial charge in [0.15, 0.2) is 0 Å². The van der Waals surface area contributed by atoms with Gasteiger partial charge in [0.05, 0.1) is 11.1 Å². The van der Waals surface area contributed by atoms with Crippen LogP contribution in [0.2, 0.25) is 0 Å². The van der Waals surface area contributed by atoms with Gasteiger partial charge in [-0.3, -0.25) is 10.1 Å². The van der Waals surface area contributed by atoms with Gasteiger partial charge < -0.3 is 16.2 Å². The second kappa shape index (κ2) is 6.79. The molecule has 0 unspecified atom stereocenters. The number of pyridine rings is 1. The van der Waals surface area contributed by atoms with E-state index < -0.39 is 4.92 Å². The summed E-state index contributed by atoms with van der Waals surface area (Å²) in [6.45, 7) is 0. The number of nitro groups is 1. The molecule has 4 N–H and O–H groups in total. The summed E-state index contributed by atoms with van der Waals surface area (Å²) in [5.41, 5.74) is 10.8. The molecule has 9 heteroatoms. The van der Waals surface area contributed by atoms with Gasteiger partial charge in [0.1, 0.15) is 5.75 Å². The number of guanidine groups is 1. The third-order valence-corrected chi connectivity index (χ3v) is 2.42. The predicted octanol–water partition coefficient (Wildman–Crippen LogP) is 1.39. The molecule has 9 nitrogen and oxygen atoms in total. The third-order valence-electron chi connectivity index (χ3n) is 2.42. The van der Waals surface area contributed by atoms with Crippen molar-refractivity contribution in [3.8, 4) is 11.6 Å². The van der Waals surface area contributed by atoms with Crippen molar-refractivity contribution in [2.45, 2.75) is 0 Å². The molecule has 22 heavy (non-hydrogen) atoms. The molecule has 0 aliphatic rings. The molecule has 112 valence electrons. The van der Waals surface area contributed by atoms with Crippen LogP contribution in [0.1, 0.15) is 5.56 Å². The number of benzene rings is 1. The van der Waals surface area contributed by atoms with Crippen LogP contribution in [0, 0.1) is 10.1 Å². The summed E-state index contributed by atoms with van der Waals surface area (Å²) < 4.78 is 5.40. The maximum Gasteiger partial charge on any atom is 0.331 e. The summed E-state index contributed by atoms with van der Waals surface area (Å²) >= 11 is 0. The highest BCUT2D eigenvalue weighted by Crippen LogP contribution is 2.28. The van der Waals surface area contributed by atoms with E-state index in [1.54, 1.807) is 24.3 Å². The van der Waals surface area contributed by atoms with E-state index in [1.165, 1.54) is 24.5 Å². The Labute approximate surface area is 125 Å². The van der Waals surface area contributed by atoms with Gasteiger partial charge in [-0.25, -0.2) is 4.98 Å². The van der Waals surface area contributed by atoms with Gasteiger partial charge in [-0.1, -0.05) is 0 Å². The maximum absolute atomic E-state index is 10.9. The Morgan fingerprint density at radius 3 is 2.64 bits per heavy atom. The van der Waals surface area contributed by atoms with Crippen molar-refractivity contribution in [2.75, 3.05) is 0 Å². The average Bonchev–Trinajstić information content (AvgIpc) is 2.49. The molecule has 0 fully saturated rings. The summed E-state index contributed by atoms with van der Waals surface area (Å²) in [6.07, 6.45) is 2.87. The maximum atomic E-state index is 10.9. The topological polar surface area (TPSA) is 142 Å². The minimum Gasteiger partial charge on any atom is -0.434 e. The highest BCUT2D eigenvalue weighted by molar-refractivity contribution is 5.81. The van der Waals surface area contributed by atoms with Crippen LogP contribution >= 0.6 is 0 Å². The summed E-state index contributed by atoms with van der Waals surface area (Å²) in [5, 5.41) is 18.0. The van der Waals surface area contributed by atoms with Crippen LogP contribution < -0.4 is 16.2 Å². The third kappa shape index (κ3) is 4.00. The monoisotopic (exact) mass is 300 g/mol. The first-order chi connectivity index (χ1) is 10.6. The molecule has 0 aliphatic heterocycles. The standard InChI is InChI=1S/C13H12N6O3/c14-13(15)18-17-8-9-3-5-10(6-4-9)22-12-11(19(20)21)2-1-7-16-12/h1-8H,(H4,14,15,18). The second-order valence-corrected chi connectivity index (χ2v) is 4.03. The van der Waals surface area contributed by atoms with Crippen molar-refractivity contribution in [3.05, 3.63) is 58.3 Å². The lowest BCUT2D eigenvalue weighted by molar-refractivity contribution is -0.386. The number of hydrogen-bond acceptors (Lipinski definition) is 6. The molecule has 1 aromatic heterocycles. The van der Waals surface area contributed by atoms with Crippen molar-refractivity contribution in [3.63, 3.8) is 0 Å². The Morgan fingerprint density at radius 2 is 2.00 bits per heavy atom. The fourth-order valence-electron chi connectivity index (χ4n) is 1.50. The minimum atomic E-state index is -0.557. The Bertz CT molecular complexity index is 723. The molecule has 0 amide bonds. The van der Waals surface area contributed by atoms with Crippen LogP contribution in [0.4, 0.5) is 5.69 Å². The molecule has 0 spiro atoms. The lowest BCUT2D eigenvalue weighted by Gasteiger charge is -2.04. The van der Waals surface area contributed by atoms with Crippen LogP contribution in [-0.2, 0) is 0 Å². The molecule has 0 saturated heterocycles. The second-order valence-electron chi connectivity index (χ2n) is 4.03. The zero-order chi connectivity index (χ0) is 15.9. The van der Waals surface area contributed by atoms with Crippen molar-refractivity contribution in [1.82, 2.24) is 4.98 Å². The zero-order valence-electron chi connectivity index (χ0n) is 11.3. The molecule has 0 saturated carbocycles. The Kier molecular flexibility index (Phi) is 4.60. The minimum absolute atomic E-state index is 0.0746. The number of nitrogens with zero attached hydrogens (tertiary/aromatic N) is 4. The van der Waals surface area contributed by atoms with E-state index >= 15 is 0 Å². The van der Waals surface area contributed by atoms with Gasteiger partial charge >= 0.3 is 5.69 Å². The summed E-state index contributed by atoms with van der Waals surface area (Å²) in [6, 6.07) is 9.41. The fraction of sp³-hybridized carbons (Fsp3) is 0. The van der Waals surface area contributed by atoms with E-state index in [2.05, 4.69) is 15.2 Å². The van der Waals surface area contributed by atoms with Crippen LogP contribution in [0.3, 0.4) is 0 Å². The van der Waals surface area contributed by atoms with Gasteiger partial charge in [0.2, 0.25) is 5.96 Å². The van der Waals surface area contributed by atoms with Crippen molar-refractivity contribution in [2.24, 2.45) is 21.7 Å². The first-order valence-electron chi connectivity index (χ1n) is 6.05. The quantitative estimate of drug-likeness (QED) is 0.369. The molecule has 1 heterocycles. The lowest BCUT2D eigenvalue weighted by atomic mass is 10.2.